The minimum atomic E-state index is 0.0163. The molecule has 4 heteroatoms. The maximum Gasteiger partial charge on any atom is 0.252 e. The third-order valence-electron chi connectivity index (χ3n) is 3.14. The van der Waals surface area contributed by atoms with E-state index in [2.05, 4.69) is 0 Å². The second-order valence-electron chi connectivity index (χ2n) is 4.20. The van der Waals surface area contributed by atoms with E-state index in [1.54, 1.807) is 7.11 Å². The predicted octanol–water partition coefficient (Wildman–Crippen LogP) is 1.07. The molecule has 1 aromatic rings. The summed E-state index contributed by atoms with van der Waals surface area (Å²) in [7, 11) is 1.54. The van der Waals surface area contributed by atoms with E-state index in [1.807, 2.05) is 23.1 Å². The minimum Gasteiger partial charge on any atom is -0.375 e. The molecule has 0 fully saturated rings. The summed E-state index contributed by atoms with van der Waals surface area (Å²) >= 11 is 0. The van der Waals surface area contributed by atoms with Crippen molar-refractivity contribution in [1.82, 2.24) is 0 Å². The van der Waals surface area contributed by atoms with Crippen LogP contribution in [-0.2, 0) is 22.5 Å². The molecule has 0 unspecified atom stereocenters. The first-order chi connectivity index (χ1) is 8.27. The summed E-state index contributed by atoms with van der Waals surface area (Å²) < 4.78 is 4.91. The number of benzene rings is 1. The number of nitrogens with two attached hydrogens (primary N) is 1. The van der Waals surface area contributed by atoms with Gasteiger partial charge in [0.05, 0.1) is 0 Å². The van der Waals surface area contributed by atoms with Crippen LogP contribution in [0.15, 0.2) is 18.2 Å². The van der Waals surface area contributed by atoms with Crippen LogP contribution in [-0.4, -0.2) is 26.2 Å². The van der Waals surface area contributed by atoms with Crippen molar-refractivity contribution in [2.24, 2.45) is 5.73 Å². The number of carbonyl (C=O) groups is 1. The van der Waals surface area contributed by atoms with E-state index in [1.165, 1.54) is 5.56 Å². The lowest BCUT2D eigenvalue weighted by molar-refractivity contribution is -0.122. The normalized spacial score (nSPS) is 14.6. The van der Waals surface area contributed by atoms with Crippen LogP contribution in [0.5, 0.6) is 0 Å². The van der Waals surface area contributed by atoms with E-state index < -0.39 is 0 Å². The van der Waals surface area contributed by atoms with Crippen LogP contribution >= 0.6 is 0 Å². The number of hydrogen-bond acceptors (Lipinski definition) is 3. The summed E-state index contributed by atoms with van der Waals surface area (Å²) in [5.41, 5.74) is 9.08. The largest absolute Gasteiger partial charge is 0.375 e. The number of rotatable bonds is 3. The molecule has 92 valence electrons. The lowest BCUT2D eigenvalue weighted by Crippen LogP contribution is -2.38. The van der Waals surface area contributed by atoms with Crippen molar-refractivity contribution < 1.29 is 9.53 Å². The van der Waals surface area contributed by atoms with E-state index in [9.17, 15) is 4.79 Å². The second kappa shape index (κ2) is 5.29. The molecule has 0 aliphatic carbocycles. The van der Waals surface area contributed by atoms with Crippen molar-refractivity contribution in [1.29, 1.82) is 0 Å². The Kier molecular flexibility index (Phi) is 3.76. The molecular formula is C13H18N2O2. The second-order valence-corrected chi connectivity index (χ2v) is 4.20. The molecule has 1 aliphatic heterocycles. The molecule has 2 N–H and O–H groups in total. The Hall–Kier alpha value is -1.39. The number of amides is 1. The molecule has 0 bridgehead atoms. The zero-order valence-electron chi connectivity index (χ0n) is 10.1. The lowest BCUT2D eigenvalue weighted by atomic mass is 9.96. The van der Waals surface area contributed by atoms with E-state index in [-0.39, 0.29) is 12.5 Å². The van der Waals surface area contributed by atoms with Crippen LogP contribution in [0.1, 0.15) is 17.5 Å². The number of ether oxygens (including phenoxy) is 1. The lowest BCUT2D eigenvalue weighted by Gasteiger charge is -2.30. The highest BCUT2D eigenvalue weighted by atomic mass is 16.5. The van der Waals surface area contributed by atoms with E-state index >= 15 is 0 Å². The molecule has 17 heavy (non-hydrogen) atoms. The minimum absolute atomic E-state index is 0.0163. The summed E-state index contributed by atoms with van der Waals surface area (Å²) in [5, 5.41) is 0. The summed E-state index contributed by atoms with van der Waals surface area (Å²) in [4.78, 5) is 13.7. The Morgan fingerprint density at radius 1 is 1.53 bits per heavy atom. The molecule has 0 saturated heterocycles. The van der Waals surface area contributed by atoms with Crippen molar-refractivity contribution in [3.05, 3.63) is 29.3 Å². The highest BCUT2D eigenvalue weighted by Gasteiger charge is 2.23. The Balaban J connectivity index is 2.34. The van der Waals surface area contributed by atoms with E-state index in [0.717, 1.165) is 30.6 Å². The topological polar surface area (TPSA) is 55.6 Å². The predicted molar refractivity (Wildman–Crippen MR) is 66.9 cm³/mol. The van der Waals surface area contributed by atoms with Crippen molar-refractivity contribution in [2.75, 3.05) is 25.2 Å². The standard InChI is InChI=1S/C13H18N2O2/c1-17-9-13(16)15-7-3-5-11-10(8-14)4-2-6-12(11)15/h2,4,6H,3,5,7-9,14H2,1H3. The molecule has 0 radical (unpaired) electrons. The first-order valence-electron chi connectivity index (χ1n) is 5.88. The SMILES string of the molecule is COCC(=O)N1CCCc2c(CN)cccc21. The smallest absolute Gasteiger partial charge is 0.252 e. The van der Waals surface area contributed by atoms with Gasteiger partial charge >= 0.3 is 0 Å². The Morgan fingerprint density at radius 2 is 2.35 bits per heavy atom. The molecule has 1 amide bonds. The number of hydrogen-bond donors (Lipinski definition) is 1. The highest BCUT2D eigenvalue weighted by molar-refractivity contribution is 5.95. The zero-order valence-corrected chi connectivity index (χ0v) is 10.1. The molecule has 0 aromatic heterocycles. The Labute approximate surface area is 101 Å². The quantitative estimate of drug-likeness (QED) is 0.851. The molecule has 0 spiro atoms. The summed E-state index contributed by atoms with van der Waals surface area (Å²) in [6, 6.07) is 5.98. The maximum atomic E-state index is 11.9. The Morgan fingerprint density at radius 3 is 3.06 bits per heavy atom. The van der Waals surface area contributed by atoms with Gasteiger partial charge in [0.2, 0.25) is 0 Å². The van der Waals surface area contributed by atoms with Crippen LogP contribution in [0, 0.1) is 0 Å². The van der Waals surface area contributed by atoms with Crippen LogP contribution in [0.2, 0.25) is 0 Å². The first kappa shape index (κ1) is 12.1. The summed E-state index contributed by atoms with van der Waals surface area (Å²) in [5.74, 6) is 0.0163. The van der Waals surface area contributed by atoms with Crippen LogP contribution in [0.3, 0.4) is 0 Å². The molecule has 1 heterocycles. The number of anilines is 1. The third-order valence-corrected chi connectivity index (χ3v) is 3.14. The van der Waals surface area contributed by atoms with Gasteiger partial charge in [-0.25, -0.2) is 0 Å². The van der Waals surface area contributed by atoms with Gasteiger partial charge in [0, 0.05) is 25.9 Å². The fourth-order valence-electron chi connectivity index (χ4n) is 2.35. The first-order valence-corrected chi connectivity index (χ1v) is 5.88. The van der Waals surface area contributed by atoms with Crippen molar-refractivity contribution in [2.45, 2.75) is 19.4 Å². The van der Waals surface area contributed by atoms with Gasteiger partial charge in [0.15, 0.2) is 0 Å². The fraction of sp³-hybridized carbons (Fsp3) is 0.462. The van der Waals surface area contributed by atoms with Gasteiger partial charge in [0.1, 0.15) is 6.61 Å². The third kappa shape index (κ3) is 2.33. The van der Waals surface area contributed by atoms with E-state index in [4.69, 9.17) is 10.5 Å². The van der Waals surface area contributed by atoms with Crippen LogP contribution in [0.4, 0.5) is 5.69 Å². The van der Waals surface area contributed by atoms with Gasteiger partial charge in [-0.15, -0.1) is 0 Å². The summed E-state index contributed by atoms with van der Waals surface area (Å²) in [6.45, 7) is 1.42. The van der Waals surface area contributed by atoms with Crippen LogP contribution in [0.25, 0.3) is 0 Å². The van der Waals surface area contributed by atoms with Crippen molar-refractivity contribution >= 4 is 11.6 Å². The van der Waals surface area contributed by atoms with Gasteiger partial charge in [-0.3, -0.25) is 4.79 Å². The molecule has 1 aromatic carbocycles. The summed E-state index contributed by atoms with van der Waals surface area (Å²) in [6.07, 6.45) is 1.99. The molecule has 4 nitrogen and oxygen atoms in total. The van der Waals surface area contributed by atoms with Gasteiger partial charge in [0.25, 0.3) is 5.91 Å². The van der Waals surface area contributed by atoms with Gasteiger partial charge < -0.3 is 15.4 Å². The number of carbonyl (C=O) groups excluding carboxylic acids is 1. The van der Waals surface area contributed by atoms with Gasteiger partial charge in [-0.05, 0) is 30.0 Å². The highest BCUT2D eigenvalue weighted by Crippen LogP contribution is 2.29. The molecule has 2 rings (SSSR count). The van der Waals surface area contributed by atoms with Crippen molar-refractivity contribution in [3.63, 3.8) is 0 Å². The number of fused-ring (bicyclic) bond motifs is 1. The van der Waals surface area contributed by atoms with Crippen LogP contribution < -0.4 is 10.6 Å². The maximum absolute atomic E-state index is 11.9. The van der Waals surface area contributed by atoms with E-state index in [0.29, 0.717) is 6.54 Å². The average molecular weight is 234 g/mol. The molecule has 0 saturated carbocycles. The Bertz CT molecular complexity index is 418. The fourth-order valence-corrected chi connectivity index (χ4v) is 2.35. The zero-order chi connectivity index (χ0) is 12.3. The number of methoxy groups -OCH3 is 1. The molecule has 1 aliphatic rings. The van der Waals surface area contributed by atoms with Crippen molar-refractivity contribution in [3.8, 4) is 0 Å². The van der Waals surface area contributed by atoms with Gasteiger partial charge in [-0.2, -0.15) is 0 Å². The average Bonchev–Trinajstić information content (AvgIpc) is 2.37. The monoisotopic (exact) mass is 234 g/mol. The number of nitrogens with zero attached hydrogens (tertiary/aromatic N) is 1. The molecule has 0 atom stereocenters. The van der Waals surface area contributed by atoms with Gasteiger partial charge in [-0.1, -0.05) is 12.1 Å². The molecular weight excluding hydrogens is 216 g/mol.